The second-order valence-corrected chi connectivity index (χ2v) is 10.8. The number of amides is 1. The topological polar surface area (TPSA) is 119 Å². The summed E-state index contributed by atoms with van der Waals surface area (Å²) in [7, 11) is 0. The number of piperidine rings is 1. The van der Waals surface area contributed by atoms with Gasteiger partial charge in [0, 0.05) is 30.2 Å². The van der Waals surface area contributed by atoms with Gasteiger partial charge in [0.15, 0.2) is 11.6 Å². The molecule has 2 aromatic heterocycles. The average Bonchev–Trinajstić information content (AvgIpc) is 3.46. The fourth-order valence-electron chi connectivity index (χ4n) is 4.67. The summed E-state index contributed by atoms with van der Waals surface area (Å²) in [4.78, 5) is 24.0. The lowest BCUT2D eigenvalue weighted by molar-refractivity contribution is -0.146. The van der Waals surface area contributed by atoms with E-state index in [2.05, 4.69) is 72.4 Å². The van der Waals surface area contributed by atoms with Crippen molar-refractivity contribution in [1.29, 1.82) is 0 Å². The molecule has 2 aliphatic rings. The van der Waals surface area contributed by atoms with Crippen LogP contribution in [0.1, 0.15) is 60.5 Å². The highest BCUT2D eigenvalue weighted by atomic mass is 127. The number of likely N-dealkylation sites (tertiary alicyclic amines) is 1. The molecule has 9 nitrogen and oxygen atoms in total. The molecule has 3 heterocycles. The first-order valence-corrected chi connectivity index (χ1v) is 13.0. The molecule has 1 saturated heterocycles. The summed E-state index contributed by atoms with van der Waals surface area (Å²) in [5, 5.41) is 24.2. The number of aryl methyl sites for hydroxylation is 3. The number of halogens is 1. The van der Waals surface area contributed by atoms with E-state index in [0.717, 1.165) is 50.9 Å². The summed E-state index contributed by atoms with van der Waals surface area (Å²) in [5.74, 6) is 1.75. The van der Waals surface area contributed by atoms with Crippen molar-refractivity contribution in [3.05, 3.63) is 50.4 Å². The molecule has 0 bridgehead atoms. The van der Waals surface area contributed by atoms with Gasteiger partial charge in [-0.3, -0.25) is 9.89 Å². The average molecular weight is 587 g/mol. The Labute approximate surface area is 218 Å². The second-order valence-electron chi connectivity index (χ2n) is 9.64. The van der Waals surface area contributed by atoms with Gasteiger partial charge < -0.3 is 20.6 Å². The number of carbonyl (C=O) groups is 1. The Morgan fingerprint density at radius 1 is 1.17 bits per heavy atom. The minimum atomic E-state index is -1.14. The highest BCUT2D eigenvalue weighted by molar-refractivity contribution is 14.1. The molecule has 0 radical (unpaired) electrons. The van der Waals surface area contributed by atoms with Crippen LogP contribution < -0.4 is 10.6 Å². The SMILES string of the molecule is Cc1cc(Nc2nc(Nc3cc(C)c(C4CCCCN4C(=O)C4(O)CC4)cc3C)ncc2I)n[nH]1. The number of H-pyrrole nitrogens is 1. The predicted molar refractivity (Wildman–Crippen MR) is 143 cm³/mol. The lowest BCUT2D eigenvalue weighted by Gasteiger charge is -2.38. The van der Waals surface area contributed by atoms with E-state index in [1.54, 1.807) is 6.20 Å². The van der Waals surface area contributed by atoms with Gasteiger partial charge in [-0.15, -0.1) is 0 Å². The van der Waals surface area contributed by atoms with Gasteiger partial charge in [0.2, 0.25) is 5.95 Å². The van der Waals surface area contributed by atoms with Crippen molar-refractivity contribution < 1.29 is 9.90 Å². The number of aromatic amines is 1. The van der Waals surface area contributed by atoms with Crippen molar-refractivity contribution in [2.75, 3.05) is 17.2 Å². The molecule has 2 fully saturated rings. The van der Waals surface area contributed by atoms with Crippen LogP contribution in [0, 0.1) is 24.3 Å². The van der Waals surface area contributed by atoms with E-state index in [0.29, 0.717) is 37.0 Å². The van der Waals surface area contributed by atoms with Crippen LogP contribution >= 0.6 is 22.6 Å². The number of carbonyl (C=O) groups excluding carboxylic acids is 1. The lowest BCUT2D eigenvalue weighted by atomic mass is 9.90. The quantitative estimate of drug-likeness (QED) is 0.306. The molecule has 35 heavy (non-hydrogen) atoms. The zero-order chi connectivity index (χ0) is 24.7. The number of aromatic nitrogens is 4. The fraction of sp³-hybridized carbons (Fsp3) is 0.440. The molecule has 5 rings (SSSR count). The molecular formula is C25H30IN7O2. The zero-order valence-electron chi connectivity index (χ0n) is 20.2. The Hall–Kier alpha value is -2.73. The van der Waals surface area contributed by atoms with Crippen LogP contribution in [-0.4, -0.2) is 48.2 Å². The van der Waals surface area contributed by atoms with Gasteiger partial charge in [0.05, 0.1) is 9.61 Å². The van der Waals surface area contributed by atoms with E-state index in [1.165, 1.54) is 0 Å². The number of benzene rings is 1. The van der Waals surface area contributed by atoms with Gasteiger partial charge in [0.1, 0.15) is 5.60 Å². The first kappa shape index (κ1) is 24.0. The highest BCUT2D eigenvalue weighted by Gasteiger charge is 2.51. The standard InChI is InChI=1S/C25H30IN7O2/c1-14-11-19(28-24-27-13-18(26)22(30-24)29-21-12-16(3)31-32-21)15(2)10-17(14)20-6-4-5-9-33(20)23(34)25(35)7-8-25/h10-13,20,35H,4-9H2,1-3H3,(H3,27,28,29,30,31,32). The Bertz CT molecular complexity index is 1270. The van der Waals surface area contributed by atoms with Gasteiger partial charge in [-0.25, -0.2) is 4.98 Å². The number of hydrogen-bond acceptors (Lipinski definition) is 7. The molecular weight excluding hydrogens is 557 g/mol. The van der Waals surface area contributed by atoms with Gasteiger partial charge >= 0.3 is 0 Å². The Kier molecular flexibility index (Phi) is 6.43. The molecule has 1 amide bonds. The van der Waals surface area contributed by atoms with Crippen LogP contribution in [-0.2, 0) is 4.79 Å². The lowest BCUT2D eigenvalue weighted by Crippen LogP contribution is -2.45. The molecule has 4 N–H and O–H groups in total. The maximum absolute atomic E-state index is 13.0. The number of nitrogens with one attached hydrogen (secondary N) is 3. The van der Waals surface area contributed by atoms with Crippen molar-refractivity contribution in [2.45, 2.75) is 64.5 Å². The molecule has 1 unspecified atom stereocenters. The maximum Gasteiger partial charge on any atom is 0.255 e. The number of hydrogen-bond donors (Lipinski definition) is 4. The van der Waals surface area contributed by atoms with Gasteiger partial charge in [-0.2, -0.15) is 10.1 Å². The smallest absolute Gasteiger partial charge is 0.255 e. The minimum absolute atomic E-state index is 0.00344. The van der Waals surface area contributed by atoms with Crippen LogP contribution in [0.2, 0.25) is 0 Å². The van der Waals surface area contributed by atoms with Crippen LogP contribution in [0.15, 0.2) is 24.4 Å². The summed E-state index contributed by atoms with van der Waals surface area (Å²) >= 11 is 2.20. The Morgan fingerprint density at radius 3 is 2.69 bits per heavy atom. The van der Waals surface area contributed by atoms with Crippen molar-refractivity contribution in [1.82, 2.24) is 25.1 Å². The number of nitrogens with zero attached hydrogens (tertiary/aromatic N) is 4. The van der Waals surface area contributed by atoms with Crippen LogP contribution in [0.4, 0.5) is 23.3 Å². The van der Waals surface area contributed by atoms with E-state index in [9.17, 15) is 9.90 Å². The first-order chi connectivity index (χ1) is 16.7. The van der Waals surface area contributed by atoms with E-state index in [4.69, 9.17) is 0 Å². The molecule has 1 atom stereocenters. The molecule has 1 saturated carbocycles. The third-order valence-corrected chi connectivity index (χ3v) is 7.59. The Balaban J connectivity index is 1.38. The van der Waals surface area contributed by atoms with Crippen molar-refractivity contribution in [2.24, 2.45) is 0 Å². The number of anilines is 4. The van der Waals surface area contributed by atoms with E-state index >= 15 is 0 Å². The van der Waals surface area contributed by atoms with Crippen LogP contribution in [0.25, 0.3) is 0 Å². The molecule has 1 aromatic carbocycles. The number of rotatable bonds is 6. The van der Waals surface area contributed by atoms with Gasteiger partial charge in [-0.1, -0.05) is 6.07 Å². The largest absolute Gasteiger partial charge is 0.380 e. The van der Waals surface area contributed by atoms with Crippen molar-refractivity contribution >= 4 is 51.8 Å². The van der Waals surface area contributed by atoms with Crippen molar-refractivity contribution in [3.63, 3.8) is 0 Å². The highest BCUT2D eigenvalue weighted by Crippen LogP contribution is 2.42. The molecule has 10 heteroatoms. The van der Waals surface area contributed by atoms with Gasteiger partial charge in [0.25, 0.3) is 5.91 Å². The van der Waals surface area contributed by atoms with Crippen molar-refractivity contribution in [3.8, 4) is 0 Å². The number of aliphatic hydroxyl groups is 1. The fourth-order valence-corrected chi connectivity index (χ4v) is 5.06. The minimum Gasteiger partial charge on any atom is -0.380 e. The monoisotopic (exact) mass is 587 g/mol. The molecule has 3 aromatic rings. The second kappa shape index (κ2) is 9.38. The summed E-state index contributed by atoms with van der Waals surface area (Å²) in [6.07, 6.45) is 5.88. The maximum atomic E-state index is 13.0. The molecule has 0 spiro atoms. The van der Waals surface area contributed by atoms with Crippen LogP contribution in [0.3, 0.4) is 0 Å². The van der Waals surface area contributed by atoms with E-state index in [-0.39, 0.29) is 11.9 Å². The van der Waals surface area contributed by atoms with E-state index in [1.807, 2.05) is 24.8 Å². The van der Waals surface area contributed by atoms with Crippen LogP contribution in [0.5, 0.6) is 0 Å². The normalized spacial score (nSPS) is 18.9. The molecule has 184 valence electrons. The third kappa shape index (κ3) is 4.99. The summed E-state index contributed by atoms with van der Waals surface area (Å²) < 4.78 is 0.886. The summed E-state index contributed by atoms with van der Waals surface area (Å²) in [5.41, 5.74) is 4.04. The summed E-state index contributed by atoms with van der Waals surface area (Å²) in [6.45, 7) is 6.77. The first-order valence-electron chi connectivity index (χ1n) is 12.0. The molecule has 1 aliphatic heterocycles. The third-order valence-electron chi connectivity index (χ3n) is 6.80. The summed E-state index contributed by atoms with van der Waals surface area (Å²) in [6, 6.07) is 6.16. The van der Waals surface area contributed by atoms with E-state index < -0.39 is 5.60 Å². The predicted octanol–water partition coefficient (Wildman–Crippen LogP) is 4.80. The van der Waals surface area contributed by atoms with Gasteiger partial charge in [-0.05, 0) is 98.2 Å². The molecule has 1 aliphatic carbocycles. The zero-order valence-corrected chi connectivity index (χ0v) is 22.3. The Morgan fingerprint density at radius 2 is 1.97 bits per heavy atom.